The molecule has 126 valence electrons. The van der Waals surface area contributed by atoms with Crippen LogP contribution in [0.3, 0.4) is 0 Å². The molecule has 0 saturated heterocycles. The van der Waals surface area contributed by atoms with E-state index in [4.69, 9.17) is 5.26 Å². The van der Waals surface area contributed by atoms with Crippen LogP contribution in [0.5, 0.6) is 0 Å². The van der Waals surface area contributed by atoms with Crippen molar-refractivity contribution in [3.63, 3.8) is 0 Å². The van der Waals surface area contributed by atoms with Crippen LogP contribution in [-0.2, 0) is 9.53 Å². The Bertz CT molecular complexity index is 852. The maximum atomic E-state index is 12.2. The lowest BCUT2D eigenvalue weighted by atomic mass is 10.1. The minimum atomic E-state index is -0.710. The molecule has 0 saturated carbocycles. The van der Waals surface area contributed by atoms with E-state index in [9.17, 15) is 9.59 Å². The normalized spacial score (nSPS) is 10.5. The van der Waals surface area contributed by atoms with Crippen molar-refractivity contribution in [3.8, 4) is 6.07 Å². The summed E-state index contributed by atoms with van der Waals surface area (Å²) in [5.74, 6) is -0.903. The van der Waals surface area contributed by atoms with Gasteiger partial charge in [0.1, 0.15) is 6.07 Å². The number of rotatable bonds is 5. The van der Waals surface area contributed by atoms with Gasteiger partial charge in [0.2, 0.25) is 0 Å². The van der Waals surface area contributed by atoms with E-state index in [-0.39, 0.29) is 11.5 Å². The van der Waals surface area contributed by atoms with Gasteiger partial charge < -0.3 is 15.4 Å². The minimum absolute atomic E-state index is 0.137. The fourth-order valence-corrected chi connectivity index (χ4v) is 2.08. The van der Waals surface area contributed by atoms with Gasteiger partial charge in [-0.1, -0.05) is 18.2 Å². The highest BCUT2D eigenvalue weighted by Crippen LogP contribution is 2.20. The molecule has 0 aliphatic carbocycles. The molecule has 0 heterocycles. The van der Waals surface area contributed by atoms with E-state index in [1.54, 1.807) is 48.5 Å². The average molecular weight is 335 g/mol. The molecule has 2 N–H and O–H groups in total. The Kier molecular flexibility index (Phi) is 5.91. The van der Waals surface area contributed by atoms with Gasteiger partial charge in [0.05, 0.1) is 7.11 Å². The molecular formula is C19H17N3O3. The zero-order valence-corrected chi connectivity index (χ0v) is 13.9. The first-order chi connectivity index (χ1) is 12.0. The van der Waals surface area contributed by atoms with Crippen LogP contribution in [0.1, 0.15) is 15.9 Å². The molecule has 0 unspecified atom stereocenters. The second kappa shape index (κ2) is 8.31. The zero-order chi connectivity index (χ0) is 18.2. The van der Waals surface area contributed by atoms with Gasteiger partial charge in [-0.15, -0.1) is 0 Å². The Hall–Kier alpha value is -3.59. The van der Waals surface area contributed by atoms with Crippen LogP contribution in [0, 0.1) is 18.3 Å². The molecule has 6 nitrogen and oxygen atoms in total. The van der Waals surface area contributed by atoms with Crippen molar-refractivity contribution in [3.05, 3.63) is 71.4 Å². The summed E-state index contributed by atoms with van der Waals surface area (Å²) in [7, 11) is 1.21. The van der Waals surface area contributed by atoms with Gasteiger partial charge in [0, 0.05) is 23.1 Å². The highest BCUT2D eigenvalue weighted by Gasteiger charge is 2.09. The lowest BCUT2D eigenvalue weighted by molar-refractivity contribution is -0.135. The summed E-state index contributed by atoms with van der Waals surface area (Å²) in [6.07, 6.45) is 1.28. The number of anilines is 2. The number of nitrogens with zero attached hydrogens (tertiary/aromatic N) is 1. The van der Waals surface area contributed by atoms with Crippen LogP contribution in [-0.4, -0.2) is 19.0 Å². The Morgan fingerprint density at radius 3 is 2.48 bits per heavy atom. The number of nitriles is 1. The molecule has 6 heteroatoms. The summed E-state index contributed by atoms with van der Waals surface area (Å²) in [4.78, 5) is 23.5. The fraction of sp³-hybridized carbons (Fsp3) is 0.105. The highest BCUT2D eigenvalue weighted by atomic mass is 16.5. The highest BCUT2D eigenvalue weighted by molar-refractivity contribution is 6.04. The second-order valence-electron chi connectivity index (χ2n) is 5.16. The van der Waals surface area contributed by atoms with Gasteiger partial charge in [0.25, 0.3) is 5.91 Å². The van der Waals surface area contributed by atoms with Gasteiger partial charge in [-0.2, -0.15) is 5.26 Å². The number of benzene rings is 2. The molecule has 2 rings (SSSR count). The maximum absolute atomic E-state index is 12.2. The molecule has 0 spiro atoms. The van der Waals surface area contributed by atoms with Crippen LogP contribution >= 0.6 is 0 Å². The molecule has 2 aromatic carbocycles. The van der Waals surface area contributed by atoms with E-state index in [2.05, 4.69) is 15.4 Å². The Balaban J connectivity index is 2.11. The predicted molar refractivity (Wildman–Crippen MR) is 94.9 cm³/mol. The SMILES string of the molecule is COC(=O)/C(C#N)=C\Nc1ccc(NC(=O)c2ccccc2)c(C)c1. The first kappa shape index (κ1) is 17.8. The molecule has 0 aliphatic rings. The molecule has 1 amide bonds. The maximum Gasteiger partial charge on any atom is 0.350 e. The number of hydrogen-bond acceptors (Lipinski definition) is 5. The Morgan fingerprint density at radius 2 is 1.88 bits per heavy atom. The average Bonchev–Trinajstić information content (AvgIpc) is 2.64. The number of esters is 1. The van der Waals surface area contributed by atoms with E-state index >= 15 is 0 Å². The molecule has 0 atom stereocenters. The Morgan fingerprint density at radius 1 is 1.16 bits per heavy atom. The smallest absolute Gasteiger partial charge is 0.350 e. The van der Waals surface area contributed by atoms with Crippen molar-refractivity contribution in [1.29, 1.82) is 5.26 Å². The van der Waals surface area contributed by atoms with Gasteiger partial charge in [-0.05, 0) is 42.8 Å². The van der Waals surface area contributed by atoms with E-state index in [1.165, 1.54) is 13.3 Å². The number of methoxy groups -OCH3 is 1. The van der Waals surface area contributed by atoms with E-state index in [0.29, 0.717) is 16.9 Å². The van der Waals surface area contributed by atoms with Crippen LogP contribution in [0.4, 0.5) is 11.4 Å². The zero-order valence-electron chi connectivity index (χ0n) is 13.9. The summed E-state index contributed by atoms with van der Waals surface area (Å²) in [6.45, 7) is 1.85. The quantitative estimate of drug-likeness (QED) is 0.497. The first-order valence-electron chi connectivity index (χ1n) is 7.47. The van der Waals surface area contributed by atoms with Gasteiger partial charge in [0.15, 0.2) is 5.57 Å². The molecule has 0 aliphatic heterocycles. The standard InChI is InChI=1S/C19H17N3O3/c1-13-10-16(21-12-15(11-20)19(24)25-2)8-9-17(13)22-18(23)14-6-4-3-5-7-14/h3-10,12,21H,1-2H3,(H,22,23)/b15-12-. The number of carbonyl (C=O) groups excluding carboxylic acids is 2. The number of aryl methyl sites for hydroxylation is 1. The van der Waals surface area contributed by atoms with Crippen molar-refractivity contribution in [2.24, 2.45) is 0 Å². The monoisotopic (exact) mass is 335 g/mol. The van der Waals surface area contributed by atoms with Crippen LogP contribution < -0.4 is 10.6 Å². The third kappa shape index (κ3) is 4.69. The van der Waals surface area contributed by atoms with Crippen molar-refractivity contribution in [1.82, 2.24) is 0 Å². The molecule has 0 bridgehead atoms. The number of ether oxygens (including phenoxy) is 1. The lowest BCUT2D eigenvalue weighted by Gasteiger charge is -2.10. The number of nitrogens with one attached hydrogen (secondary N) is 2. The van der Waals surface area contributed by atoms with Gasteiger partial charge >= 0.3 is 5.97 Å². The molecule has 0 radical (unpaired) electrons. The molecule has 25 heavy (non-hydrogen) atoms. The van der Waals surface area contributed by atoms with Crippen LogP contribution in [0.15, 0.2) is 60.3 Å². The van der Waals surface area contributed by atoms with E-state index in [1.807, 2.05) is 13.0 Å². The summed E-state index contributed by atoms with van der Waals surface area (Å²) in [6, 6.07) is 16.0. The third-order valence-electron chi connectivity index (χ3n) is 3.42. The molecule has 2 aromatic rings. The topological polar surface area (TPSA) is 91.2 Å². The fourth-order valence-electron chi connectivity index (χ4n) is 2.08. The molecular weight excluding hydrogens is 318 g/mol. The number of carbonyl (C=O) groups is 2. The van der Waals surface area contributed by atoms with Crippen molar-refractivity contribution < 1.29 is 14.3 Å². The summed E-state index contributed by atoms with van der Waals surface area (Å²) < 4.78 is 4.50. The van der Waals surface area contributed by atoms with E-state index < -0.39 is 5.97 Å². The molecule has 0 aromatic heterocycles. The van der Waals surface area contributed by atoms with Gasteiger partial charge in [-0.25, -0.2) is 4.79 Å². The largest absolute Gasteiger partial charge is 0.465 e. The summed E-state index contributed by atoms with van der Waals surface area (Å²) in [5.41, 5.74) is 2.62. The summed E-state index contributed by atoms with van der Waals surface area (Å²) in [5, 5.41) is 14.6. The minimum Gasteiger partial charge on any atom is -0.465 e. The first-order valence-corrected chi connectivity index (χ1v) is 7.47. The van der Waals surface area contributed by atoms with Crippen molar-refractivity contribution in [2.75, 3.05) is 17.7 Å². The Labute approximate surface area is 145 Å². The lowest BCUT2D eigenvalue weighted by Crippen LogP contribution is -2.12. The van der Waals surface area contributed by atoms with Crippen molar-refractivity contribution >= 4 is 23.3 Å². The van der Waals surface area contributed by atoms with Gasteiger partial charge in [-0.3, -0.25) is 4.79 Å². The number of hydrogen-bond donors (Lipinski definition) is 2. The van der Waals surface area contributed by atoms with E-state index in [0.717, 1.165) is 5.56 Å². The third-order valence-corrected chi connectivity index (χ3v) is 3.42. The molecule has 0 fully saturated rings. The van der Waals surface area contributed by atoms with Crippen LogP contribution in [0.2, 0.25) is 0 Å². The van der Waals surface area contributed by atoms with Crippen LogP contribution in [0.25, 0.3) is 0 Å². The predicted octanol–water partition coefficient (Wildman–Crippen LogP) is 3.24. The van der Waals surface area contributed by atoms with Crippen molar-refractivity contribution in [2.45, 2.75) is 6.92 Å². The summed E-state index contributed by atoms with van der Waals surface area (Å²) >= 11 is 0. The second-order valence-corrected chi connectivity index (χ2v) is 5.16. The number of amides is 1.